The fraction of sp³-hybridized carbons (Fsp3) is 0.294. The molecule has 1 amide bonds. The van der Waals surface area contributed by atoms with E-state index < -0.39 is 11.6 Å². The molecule has 1 aliphatic rings. The lowest BCUT2D eigenvalue weighted by molar-refractivity contribution is -0.117. The normalized spacial score (nSPS) is 17.4. The molecule has 1 fully saturated rings. The van der Waals surface area contributed by atoms with E-state index in [2.05, 4.69) is 10.3 Å². The maximum absolute atomic E-state index is 13.9. The van der Waals surface area contributed by atoms with Crippen molar-refractivity contribution >= 4 is 11.6 Å². The maximum atomic E-state index is 13.9. The molecule has 1 aromatic heterocycles. The zero-order valence-corrected chi connectivity index (χ0v) is 13.1. The largest absolute Gasteiger partial charge is 0.481 e. The van der Waals surface area contributed by atoms with Crippen LogP contribution >= 0.6 is 0 Å². The van der Waals surface area contributed by atoms with Crippen molar-refractivity contribution in [2.45, 2.75) is 19.0 Å². The number of benzene rings is 1. The predicted octanol–water partition coefficient (Wildman–Crippen LogP) is 2.26. The third kappa shape index (κ3) is 3.35. The van der Waals surface area contributed by atoms with Crippen LogP contribution in [-0.4, -0.2) is 30.6 Å². The number of hydrogen-bond acceptors (Lipinski definition) is 4. The lowest BCUT2D eigenvalue weighted by Crippen LogP contribution is -2.33. The Labute approximate surface area is 138 Å². The van der Waals surface area contributed by atoms with Gasteiger partial charge in [0.25, 0.3) is 0 Å². The van der Waals surface area contributed by atoms with Crippen LogP contribution in [0.2, 0.25) is 0 Å². The molecule has 7 heteroatoms. The van der Waals surface area contributed by atoms with Crippen LogP contribution in [0.15, 0.2) is 36.4 Å². The Bertz CT molecular complexity index is 734. The SMILES string of the molecule is COc1cccc(CNC2CC(=O)N(c3c(F)cccc3F)C2)n1. The van der Waals surface area contributed by atoms with Crippen LogP contribution in [0.3, 0.4) is 0 Å². The van der Waals surface area contributed by atoms with Crippen LogP contribution in [0.4, 0.5) is 14.5 Å². The van der Waals surface area contributed by atoms with E-state index in [1.54, 1.807) is 6.07 Å². The molecule has 0 spiro atoms. The minimum atomic E-state index is -0.738. The van der Waals surface area contributed by atoms with Crippen LogP contribution in [0.25, 0.3) is 0 Å². The highest BCUT2D eigenvalue weighted by Gasteiger charge is 2.33. The third-order valence-electron chi connectivity index (χ3n) is 3.89. The summed E-state index contributed by atoms with van der Waals surface area (Å²) in [4.78, 5) is 17.5. The third-order valence-corrected chi connectivity index (χ3v) is 3.89. The topological polar surface area (TPSA) is 54.5 Å². The number of carbonyl (C=O) groups is 1. The zero-order valence-electron chi connectivity index (χ0n) is 13.1. The number of para-hydroxylation sites is 1. The lowest BCUT2D eigenvalue weighted by Gasteiger charge is -2.18. The number of anilines is 1. The van der Waals surface area contributed by atoms with Gasteiger partial charge in [-0.1, -0.05) is 12.1 Å². The van der Waals surface area contributed by atoms with Crippen LogP contribution in [0.5, 0.6) is 5.88 Å². The van der Waals surface area contributed by atoms with Crippen molar-refractivity contribution in [1.82, 2.24) is 10.3 Å². The Morgan fingerprint density at radius 3 is 2.67 bits per heavy atom. The molecule has 24 heavy (non-hydrogen) atoms. The second-order valence-electron chi connectivity index (χ2n) is 5.53. The second kappa shape index (κ2) is 6.92. The molecule has 0 radical (unpaired) electrons. The van der Waals surface area contributed by atoms with Gasteiger partial charge in [-0.25, -0.2) is 13.8 Å². The van der Waals surface area contributed by atoms with Gasteiger partial charge in [-0.3, -0.25) is 4.79 Å². The Hall–Kier alpha value is -2.54. The maximum Gasteiger partial charge on any atom is 0.228 e. The first-order valence-corrected chi connectivity index (χ1v) is 7.56. The Morgan fingerprint density at radius 1 is 1.25 bits per heavy atom. The van der Waals surface area contributed by atoms with Crippen molar-refractivity contribution in [3.63, 3.8) is 0 Å². The van der Waals surface area contributed by atoms with Crippen molar-refractivity contribution in [3.8, 4) is 5.88 Å². The number of halogens is 2. The van der Waals surface area contributed by atoms with E-state index in [0.717, 1.165) is 22.7 Å². The molecule has 0 bridgehead atoms. The van der Waals surface area contributed by atoms with Crippen LogP contribution in [0, 0.1) is 11.6 Å². The molecular weight excluding hydrogens is 316 g/mol. The van der Waals surface area contributed by atoms with Gasteiger partial charge in [0.2, 0.25) is 11.8 Å². The van der Waals surface area contributed by atoms with Crippen molar-refractivity contribution in [3.05, 3.63) is 53.7 Å². The highest BCUT2D eigenvalue weighted by Crippen LogP contribution is 2.27. The van der Waals surface area contributed by atoms with Gasteiger partial charge in [0.1, 0.15) is 17.3 Å². The minimum Gasteiger partial charge on any atom is -0.481 e. The van der Waals surface area contributed by atoms with Gasteiger partial charge in [0.05, 0.1) is 12.8 Å². The summed E-state index contributed by atoms with van der Waals surface area (Å²) in [6.45, 7) is 0.642. The zero-order chi connectivity index (χ0) is 17.1. The predicted molar refractivity (Wildman–Crippen MR) is 84.7 cm³/mol. The Kier molecular flexibility index (Phi) is 4.71. The highest BCUT2D eigenvalue weighted by atomic mass is 19.1. The fourth-order valence-corrected chi connectivity index (χ4v) is 2.73. The molecule has 1 aromatic carbocycles. The van der Waals surface area contributed by atoms with Gasteiger partial charge >= 0.3 is 0 Å². The first-order valence-electron chi connectivity index (χ1n) is 7.56. The summed E-state index contributed by atoms with van der Waals surface area (Å²) in [5, 5.41) is 3.19. The lowest BCUT2D eigenvalue weighted by atomic mass is 10.2. The molecule has 0 aliphatic carbocycles. The number of hydrogen-bond donors (Lipinski definition) is 1. The molecule has 1 atom stereocenters. The molecule has 1 N–H and O–H groups in total. The summed E-state index contributed by atoms with van der Waals surface area (Å²) in [7, 11) is 1.54. The number of pyridine rings is 1. The van der Waals surface area contributed by atoms with Crippen LogP contribution in [0.1, 0.15) is 12.1 Å². The molecule has 1 saturated heterocycles. The molecule has 1 aliphatic heterocycles. The molecule has 0 saturated carbocycles. The molecule has 126 valence electrons. The monoisotopic (exact) mass is 333 g/mol. The first-order chi connectivity index (χ1) is 11.6. The average molecular weight is 333 g/mol. The molecule has 3 rings (SSSR count). The molecule has 2 heterocycles. The summed E-state index contributed by atoms with van der Waals surface area (Å²) in [5.41, 5.74) is 0.476. The average Bonchev–Trinajstić information content (AvgIpc) is 2.94. The van der Waals surface area contributed by atoms with E-state index in [-0.39, 0.29) is 30.6 Å². The van der Waals surface area contributed by atoms with Gasteiger partial charge in [0.15, 0.2) is 0 Å². The smallest absolute Gasteiger partial charge is 0.228 e. The first kappa shape index (κ1) is 16.3. The quantitative estimate of drug-likeness (QED) is 0.912. The number of carbonyl (C=O) groups excluding carboxylic acids is 1. The fourth-order valence-electron chi connectivity index (χ4n) is 2.73. The van der Waals surface area contributed by atoms with Crippen LogP contribution < -0.4 is 15.0 Å². The molecular formula is C17H17F2N3O2. The second-order valence-corrected chi connectivity index (χ2v) is 5.53. The number of ether oxygens (including phenoxy) is 1. The standard InChI is InChI=1S/C17H17F2N3O2/c1-24-15-7-2-4-11(21-15)9-20-12-8-16(23)22(10-12)17-13(18)5-3-6-14(17)19/h2-7,12,20H,8-10H2,1H3. The van der Waals surface area contributed by atoms with Gasteiger partial charge in [0, 0.05) is 31.6 Å². The van der Waals surface area contributed by atoms with E-state index in [0.29, 0.717) is 12.4 Å². The van der Waals surface area contributed by atoms with E-state index in [1.807, 2.05) is 12.1 Å². The molecule has 5 nitrogen and oxygen atoms in total. The number of methoxy groups -OCH3 is 1. The Morgan fingerprint density at radius 2 is 1.96 bits per heavy atom. The van der Waals surface area contributed by atoms with Gasteiger partial charge in [-0.15, -0.1) is 0 Å². The van der Waals surface area contributed by atoms with E-state index in [9.17, 15) is 13.6 Å². The van der Waals surface area contributed by atoms with E-state index >= 15 is 0 Å². The minimum absolute atomic E-state index is 0.178. The van der Waals surface area contributed by atoms with Crippen molar-refractivity contribution in [1.29, 1.82) is 0 Å². The van der Waals surface area contributed by atoms with Crippen molar-refractivity contribution < 1.29 is 18.3 Å². The highest BCUT2D eigenvalue weighted by molar-refractivity contribution is 5.96. The number of rotatable bonds is 5. The van der Waals surface area contributed by atoms with Crippen molar-refractivity contribution in [2.75, 3.05) is 18.6 Å². The van der Waals surface area contributed by atoms with E-state index in [1.165, 1.54) is 13.2 Å². The summed E-state index contributed by atoms with van der Waals surface area (Å²) >= 11 is 0. The summed E-state index contributed by atoms with van der Waals surface area (Å²) in [5.74, 6) is -1.28. The van der Waals surface area contributed by atoms with Crippen molar-refractivity contribution in [2.24, 2.45) is 0 Å². The number of nitrogens with zero attached hydrogens (tertiary/aromatic N) is 2. The number of nitrogens with one attached hydrogen (secondary N) is 1. The van der Waals surface area contributed by atoms with Crippen LogP contribution in [-0.2, 0) is 11.3 Å². The Balaban J connectivity index is 1.66. The molecule has 1 unspecified atom stereocenters. The van der Waals surface area contributed by atoms with E-state index in [4.69, 9.17) is 4.74 Å². The van der Waals surface area contributed by atoms with Gasteiger partial charge in [-0.05, 0) is 18.2 Å². The summed E-state index contributed by atoms with van der Waals surface area (Å²) < 4.78 is 32.8. The summed E-state index contributed by atoms with van der Waals surface area (Å²) in [6, 6.07) is 8.76. The number of aromatic nitrogens is 1. The van der Waals surface area contributed by atoms with Gasteiger partial charge < -0.3 is 15.0 Å². The molecule has 2 aromatic rings. The van der Waals surface area contributed by atoms with Gasteiger partial charge in [-0.2, -0.15) is 0 Å². The summed E-state index contributed by atoms with van der Waals surface area (Å²) in [6.07, 6.45) is 0.178. The number of amides is 1.